The van der Waals surface area contributed by atoms with E-state index in [9.17, 15) is 9.59 Å². The molecule has 1 saturated carbocycles. The van der Waals surface area contributed by atoms with Gasteiger partial charge in [-0.2, -0.15) is 0 Å². The van der Waals surface area contributed by atoms with E-state index in [-0.39, 0.29) is 23.8 Å². The summed E-state index contributed by atoms with van der Waals surface area (Å²) in [7, 11) is 0. The second-order valence-electron chi connectivity index (χ2n) is 5.48. The molecule has 0 N–H and O–H groups in total. The van der Waals surface area contributed by atoms with Gasteiger partial charge in [0, 0.05) is 38.0 Å². The molecule has 0 spiro atoms. The Morgan fingerprint density at radius 2 is 2.00 bits per heavy atom. The lowest BCUT2D eigenvalue weighted by Gasteiger charge is -2.34. The summed E-state index contributed by atoms with van der Waals surface area (Å²) in [5, 5.41) is 0. The Kier molecular flexibility index (Phi) is 3.86. The van der Waals surface area contributed by atoms with Gasteiger partial charge in [-0.25, -0.2) is 4.79 Å². The molecule has 2 aliphatic rings. The van der Waals surface area contributed by atoms with E-state index in [4.69, 9.17) is 9.15 Å². The summed E-state index contributed by atoms with van der Waals surface area (Å²) in [5.41, 5.74) is 0. The van der Waals surface area contributed by atoms with E-state index < -0.39 is 0 Å². The number of piperazine rings is 1. The molecule has 21 heavy (non-hydrogen) atoms. The van der Waals surface area contributed by atoms with Crippen LogP contribution in [0.5, 0.6) is 0 Å². The molecule has 1 aromatic heterocycles. The highest BCUT2D eigenvalue weighted by molar-refractivity contribution is 5.83. The predicted octanol–water partition coefficient (Wildman–Crippen LogP) is 1.68. The third-order valence-corrected chi connectivity index (χ3v) is 4.13. The van der Waals surface area contributed by atoms with Gasteiger partial charge in [-0.1, -0.05) is 0 Å². The summed E-state index contributed by atoms with van der Waals surface area (Å²) in [6, 6.07) is 3.78. The second-order valence-corrected chi connectivity index (χ2v) is 5.48. The fraction of sp³-hybridized carbons (Fsp3) is 0.600. The van der Waals surface area contributed by atoms with Crippen LogP contribution in [-0.2, 0) is 9.53 Å². The molecular weight excluding hydrogens is 272 g/mol. The van der Waals surface area contributed by atoms with Gasteiger partial charge in [0.25, 0.3) is 0 Å². The summed E-state index contributed by atoms with van der Waals surface area (Å²) in [4.78, 5) is 27.5. The highest BCUT2D eigenvalue weighted by atomic mass is 16.6. The smallest absolute Gasteiger partial charge is 0.409 e. The van der Waals surface area contributed by atoms with Crippen LogP contribution >= 0.6 is 0 Å². The number of ether oxygens (including phenoxy) is 1. The minimum absolute atomic E-state index is 0.0466. The molecule has 0 unspecified atom stereocenters. The summed E-state index contributed by atoms with van der Waals surface area (Å²) in [5.74, 6) is 1.36. The molecule has 1 aliphatic heterocycles. The van der Waals surface area contributed by atoms with Gasteiger partial charge in [0.1, 0.15) is 5.76 Å². The molecule has 2 heterocycles. The Morgan fingerprint density at radius 3 is 2.62 bits per heavy atom. The maximum absolute atomic E-state index is 12.4. The van der Waals surface area contributed by atoms with E-state index >= 15 is 0 Å². The quantitative estimate of drug-likeness (QED) is 0.850. The van der Waals surface area contributed by atoms with Crippen LogP contribution in [0.4, 0.5) is 4.79 Å². The van der Waals surface area contributed by atoms with Crippen molar-refractivity contribution in [1.82, 2.24) is 9.80 Å². The van der Waals surface area contributed by atoms with Crippen LogP contribution in [0.3, 0.4) is 0 Å². The first kappa shape index (κ1) is 14.0. The zero-order chi connectivity index (χ0) is 14.8. The Hall–Kier alpha value is -1.98. The van der Waals surface area contributed by atoms with Crippen LogP contribution in [0, 0.1) is 5.92 Å². The number of rotatable bonds is 3. The number of furan rings is 1. The van der Waals surface area contributed by atoms with Crippen LogP contribution in [0.2, 0.25) is 0 Å². The minimum Gasteiger partial charge on any atom is -0.469 e. The van der Waals surface area contributed by atoms with Crippen molar-refractivity contribution in [1.29, 1.82) is 0 Å². The van der Waals surface area contributed by atoms with Gasteiger partial charge in [0.05, 0.1) is 12.9 Å². The zero-order valence-corrected chi connectivity index (χ0v) is 12.2. The van der Waals surface area contributed by atoms with Crippen molar-refractivity contribution in [2.24, 2.45) is 5.92 Å². The topological polar surface area (TPSA) is 63.0 Å². The molecule has 2 fully saturated rings. The van der Waals surface area contributed by atoms with Gasteiger partial charge in [0.2, 0.25) is 5.91 Å². The van der Waals surface area contributed by atoms with Crippen molar-refractivity contribution in [3.05, 3.63) is 24.2 Å². The maximum Gasteiger partial charge on any atom is 0.409 e. The molecule has 114 valence electrons. The molecule has 6 heteroatoms. The monoisotopic (exact) mass is 292 g/mol. The Labute approximate surface area is 123 Å². The first-order valence-electron chi connectivity index (χ1n) is 7.44. The molecule has 1 aliphatic carbocycles. The number of hydrogen-bond acceptors (Lipinski definition) is 4. The molecule has 0 radical (unpaired) electrons. The van der Waals surface area contributed by atoms with Crippen molar-refractivity contribution in [3.63, 3.8) is 0 Å². The zero-order valence-electron chi connectivity index (χ0n) is 12.2. The molecule has 2 atom stereocenters. The van der Waals surface area contributed by atoms with Crippen LogP contribution < -0.4 is 0 Å². The first-order chi connectivity index (χ1) is 10.2. The highest BCUT2D eigenvalue weighted by Gasteiger charge is 2.47. The standard InChI is InChI=1S/C15H20N2O4/c1-2-20-15(19)17-7-5-16(6-8-17)14(18)12-10-11(12)13-4-3-9-21-13/h3-4,9,11-12H,2,5-8,10H2,1H3/t11-,12-/m1/s1. The average Bonchev–Trinajstić information content (AvgIpc) is 3.12. The van der Waals surface area contributed by atoms with Crippen molar-refractivity contribution in [2.45, 2.75) is 19.3 Å². The van der Waals surface area contributed by atoms with Crippen molar-refractivity contribution < 1.29 is 18.7 Å². The van der Waals surface area contributed by atoms with Crippen LogP contribution in [0.1, 0.15) is 25.0 Å². The van der Waals surface area contributed by atoms with E-state index in [0.29, 0.717) is 32.8 Å². The average molecular weight is 292 g/mol. The van der Waals surface area contributed by atoms with Gasteiger partial charge in [-0.15, -0.1) is 0 Å². The largest absolute Gasteiger partial charge is 0.469 e. The Bertz CT molecular complexity index is 506. The molecule has 6 nitrogen and oxygen atoms in total. The number of carbonyl (C=O) groups excluding carboxylic acids is 2. The van der Waals surface area contributed by atoms with Gasteiger partial charge < -0.3 is 19.0 Å². The van der Waals surface area contributed by atoms with Crippen molar-refractivity contribution in [2.75, 3.05) is 32.8 Å². The van der Waals surface area contributed by atoms with Crippen LogP contribution in [0.25, 0.3) is 0 Å². The minimum atomic E-state index is -0.288. The lowest BCUT2D eigenvalue weighted by atomic mass is 10.2. The predicted molar refractivity (Wildman–Crippen MR) is 74.7 cm³/mol. The molecule has 0 aromatic carbocycles. The summed E-state index contributed by atoms with van der Waals surface area (Å²) in [6.07, 6.45) is 2.22. The lowest BCUT2D eigenvalue weighted by Crippen LogP contribution is -2.51. The lowest BCUT2D eigenvalue weighted by molar-refractivity contribution is -0.134. The van der Waals surface area contributed by atoms with Gasteiger partial charge in [-0.3, -0.25) is 4.79 Å². The normalized spacial score (nSPS) is 24.8. The molecule has 3 rings (SSSR count). The molecule has 0 bridgehead atoms. The Morgan fingerprint density at radius 1 is 1.29 bits per heavy atom. The SMILES string of the molecule is CCOC(=O)N1CCN(C(=O)[C@@H]2C[C@H]2c2ccco2)CC1. The van der Waals surface area contributed by atoms with E-state index in [1.54, 1.807) is 18.1 Å². The fourth-order valence-corrected chi connectivity index (χ4v) is 2.84. The molecule has 1 aromatic rings. The number of nitrogens with zero attached hydrogens (tertiary/aromatic N) is 2. The Balaban J connectivity index is 1.49. The summed E-state index contributed by atoms with van der Waals surface area (Å²) < 4.78 is 10.3. The third kappa shape index (κ3) is 2.89. The van der Waals surface area contributed by atoms with Gasteiger partial charge in [-0.05, 0) is 25.5 Å². The first-order valence-corrected chi connectivity index (χ1v) is 7.44. The second kappa shape index (κ2) is 5.79. The summed E-state index contributed by atoms with van der Waals surface area (Å²) in [6.45, 7) is 4.42. The molecule has 2 amide bonds. The van der Waals surface area contributed by atoms with Crippen molar-refractivity contribution >= 4 is 12.0 Å². The van der Waals surface area contributed by atoms with Crippen LogP contribution in [-0.4, -0.2) is 54.6 Å². The van der Waals surface area contributed by atoms with E-state index in [2.05, 4.69) is 0 Å². The van der Waals surface area contributed by atoms with Crippen LogP contribution in [0.15, 0.2) is 22.8 Å². The maximum atomic E-state index is 12.4. The highest BCUT2D eigenvalue weighted by Crippen LogP contribution is 2.48. The van der Waals surface area contributed by atoms with E-state index in [1.807, 2.05) is 17.0 Å². The van der Waals surface area contributed by atoms with Gasteiger partial charge in [0.15, 0.2) is 0 Å². The molecular formula is C15H20N2O4. The molecule has 1 saturated heterocycles. The number of hydrogen-bond donors (Lipinski definition) is 0. The summed E-state index contributed by atoms with van der Waals surface area (Å²) >= 11 is 0. The van der Waals surface area contributed by atoms with Crippen molar-refractivity contribution in [3.8, 4) is 0 Å². The third-order valence-electron chi connectivity index (χ3n) is 4.13. The van der Waals surface area contributed by atoms with E-state index in [0.717, 1.165) is 12.2 Å². The number of amides is 2. The number of carbonyl (C=O) groups is 2. The fourth-order valence-electron chi connectivity index (χ4n) is 2.84. The van der Waals surface area contributed by atoms with Gasteiger partial charge >= 0.3 is 6.09 Å². The van der Waals surface area contributed by atoms with E-state index in [1.165, 1.54) is 0 Å².